The van der Waals surface area contributed by atoms with Gasteiger partial charge in [-0.2, -0.15) is 26.3 Å². The predicted molar refractivity (Wildman–Crippen MR) is 91.6 cm³/mol. The number of carbonyl (C=O) groups excluding carboxylic acids is 2. The highest BCUT2D eigenvalue weighted by molar-refractivity contribution is 7.16. The lowest BCUT2D eigenvalue weighted by molar-refractivity contribution is -0.267. The Morgan fingerprint density at radius 1 is 0.778 bits per heavy atom. The minimum absolute atomic E-state index is 0.157. The summed E-state index contributed by atoms with van der Waals surface area (Å²) in [5, 5.41) is 0. The van der Waals surface area contributed by atoms with Crippen LogP contribution in [0.15, 0.2) is 12.1 Å². The van der Waals surface area contributed by atoms with Crippen LogP contribution in [0.25, 0.3) is 0 Å². The number of hydrogen-bond donors (Lipinski definition) is 0. The summed E-state index contributed by atoms with van der Waals surface area (Å²) in [7, 11) is 0. The molecule has 0 amide bonds. The molecule has 0 fully saturated rings. The molecule has 0 N–H and O–H groups in total. The van der Waals surface area contributed by atoms with E-state index in [2.05, 4.69) is 0 Å². The maximum atomic E-state index is 14.2. The second-order valence-electron chi connectivity index (χ2n) is 5.42. The molecule has 12 heteroatoms. The number of alkyl halides is 6. The molecular formula is C15H8Cl2F6O2S2. The Kier molecular flexibility index (Phi) is 5.80. The molecule has 2 aromatic rings. The Bertz CT molecular complexity index is 847. The van der Waals surface area contributed by atoms with Crippen molar-refractivity contribution in [3.63, 3.8) is 0 Å². The fourth-order valence-electron chi connectivity index (χ4n) is 2.16. The molecule has 0 bridgehead atoms. The van der Waals surface area contributed by atoms with Crippen LogP contribution in [-0.4, -0.2) is 29.3 Å². The van der Waals surface area contributed by atoms with Crippen molar-refractivity contribution in [3.8, 4) is 0 Å². The van der Waals surface area contributed by atoms with E-state index in [-0.39, 0.29) is 18.4 Å². The molecule has 2 heterocycles. The number of thiophene rings is 2. The maximum Gasteiger partial charge on any atom is 0.387 e. The minimum atomic E-state index is -6.30. The zero-order chi connectivity index (χ0) is 20.9. The molecule has 0 atom stereocenters. The van der Waals surface area contributed by atoms with Gasteiger partial charge < -0.3 is 0 Å². The Labute approximate surface area is 166 Å². The van der Waals surface area contributed by atoms with E-state index in [0.717, 1.165) is 13.8 Å². The normalized spacial score (nSPS) is 13.1. The first-order chi connectivity index (χ1) is 12.1. The molecule has 0 unspecified atom stereocenters. The van der Waals surface area contributed by atoms with Gasteiger partial charge in [0, 0.05) is 20.9 Å². The van der Waals surface area contributed by atoms with Gasteiger partial charge in [0.1, 0.15) is 0 Å². The summed E-state index contributed by atoms with van der Waals surface area (Å²) in [6, 6.07) is 1.35. The van der Waals surface area contributed by atoms with Crippen molar-refractivity contribution in [1.82, 2.24) is 0 Å². The first-order valence-corrected chi connectivity index (χ1v) is 9.28. The average Bonchev–Trinajstić information content (AvgIpc) is 3.05. The van der Waals surface area contributed by atoms with Crippen LogP contribution in [-0.2, 0) is 0 Å². The summed E-state index contributed by atoms with van der Waals surface area (Å²) < 4.78 is 84.5. The smallest absolute Gasteiger partial charge is 0.287 e. The van der Waals surface area contributed by atoms with Gasteiger partial charge in [-0.25, -0.2) is 0 Å². The van der Waals surface area contributed by atoms with Crippen LogP contribution in [0.4, 0.5) is 26.3 Å². The number of rotatable bonds is 6. The molecule has 0 aromatic carbocycles. The van der Waals surface area contributed by atoms with Gasteiger partial charge in [0.15, 0.2) is 0 Å². The van der Waals surface area contributed by atoms with Crippen molar-refractivity contribution in [1.29, 1.82) is 0 Å². The van der Waals surface area contributed by atoms with E-state index >= 15 is 0 Å². The number of hydrogen-bond acceptors (Lipinski definition) is 4. The summed E-state index contributed by atoms with van der Waals surface area (Å²) in [5.74, 6) is -23.1. The second kappa shape index (κ2) is 7.06. The van der Waals surface area contributed by atoms with E-state index < -0.39 is 40.5 Å². The molecule has 0 radical (unpaired) electrons. The molecule has 0 spiro atoms. The molecule has 2 nitrogen and oxygen atoms in total. The molecule has 27 heavy (non-hydrogen) atoms. The van der Waals surface area contributed by atoms with E-state index in [1.165, 1.54) is 0 Å². The quantitative estimate of drug-likeness (QED) is 0.349. The first kappa shape index (κ1) is 22.2. The number of carbonyl (C=O) groups is 2. The molecular weight excluding hydrogens is 461 g/mol. The topological polar surface area (TPSA) is 34.1 Å². The van der Waals surface area contributed by atoms with Gasteiger partial charge in [-0.3, -0.25) is 9.59 Å². The van der Waals surface area contributed by atoms with Crippen LogP contribution in [0.3, 0.4) is 0 Å². The number of halogens is 8. The van der Waals surface area contributed by atoms with Gasteiger partial charge in [0.2, 0.25) is 11.6 Å². The molecule has 2 rings (SSSR count). The van der Waals surface area contributed by atoms with Crippen molar-refractivity contribution >= 4 is 57.4 Å². The summed E-state index contributed by atoms with van der Waals surface area (Å²) >= 11 is 12.3. The van der Waals surface area contributed by atoms with Crippen LogP contribution >= 0.6 is 45.9 Å². The van der Waals surface area contributed by atoms with Crippen LogP contribution in [0.2, 0.25) is 8.67 Å². The zero-order valence-corrected chi connectivity index (χ0v) is 16.5. The fourth-order valence-corrected chi connectivity index (χ4v) is 4.54. The van der Waals surface area contributed by atoms with Crippen molar-refractivity contribution in [2.45, 2.75) is 31.6 Å². The monoisotopic (exact) mass is 468 g/mol. The van der Waals surface area contributed by atoms with Crippen LogP contribution < -0.4 is 0 Å². The van der Waals surface area contributed by atoms with Crippen molar-refractivity contribution in [3.05, 3.63) is 41.7 Å². The Morgan fingerprint density at radius 2 is 1.07 bits per heavy atom. The highest BCUT2D eigenvalue weighted by atomic mass is 35.5. The molecule has 148 valence electrons. The van der Waals surface area contributed by atoms with Gasteiger partial charge >= 0.3 is 17.8 Å². The summed E-state index contributed by atoms with van der Waals surface area (Å²) in [5.41, 5.74) is -1.85. The van der Waals surface area contributed by atoms with Gasteiger partial charge in [-0.05, 0) is 26.0 Å². The lowest BCUT2D eigenvalue weighted by Crippen LogP contribution is -2.61. The predicted octanol–water partition coefficient (Wildman–Crippen LogP) is 6.70. The van der Waals surface area contributed by atoms with Crippen molar-refractivity contribution < 1.29 is 35.9 Å². The van der Waals surface area contributed by atoms with Gasteiger partial charge in [-0.1, -0.05) is 23.2 Å². The third-order valence-electron chi connectivity index (χ3n) is 3.62. The Morgan fingerprint density at radius 3 is 1.30 bits per heavy atom. The van der Waals surface area contributed by atoms with Crippen LogP contribution in [0, 0.1) is 13.8 Å². The van der Waals surface area contributed by atoms with Crippen molar-refractivity contribution in [2.75, 3.05) is 0 Å². The van der Waals surface area contributed by atoms with E-state index in [9.17, 15) is 35.9 Å². The molecule has 0 aliphatic carbocycles. The van der Waals surface area contributed by atoms with E-state index in [1.807, 2.05) is 0 Å². The van der Waals surface area contributed by atoms with Crippen LogP contribution in [0.5, 0.6) is 0 Å². The maximum absolute atomic E-state index is 14.2. The first-order valence-electron chi connectivity index (χ1n) is 6.89. The molecule has 0 aliphatic rings. The molecule has 0 saturated carbocycles. The van der Waals surface area contributed by atoms with E-state index in [4.69, 9.17) is 23.2 Å². The minimum Gasteiger partial charge on any atom is -0.287 e. The fraction of sp³-hybridized carbons (Fsp3) is 0.333. The van der Waals surface area contributed by atoms with Gasteiger partial charge in [0.25, 0.3) is 0 Å². The Hall–Kier alpha value is -1.10. The number of Topliss-reactive ketones (excluding diaryl/α,β-unsaturated/α-hetero) is 2. The van der Waals surface area contributed by atoms with Gasteiger partial charge in [-0.15, -0.1) is 22.7 Å². The molecule has 0 saturated heterocycles. The lowest BCUT2D eigenvalue weighted by Gasteiger charge is -2.30. The van der Waals surface area contributed by atoms with Crippen LogP contribution in [0.1, 0.15) is 30.5 Å². The third kappa shape index (κ3) is 3.52. The average molecular weight is 469 g/mol. The molecule has 2 aromatic heterocycles. The highest BCUT2D eigenvalue weighted by Crippen LogP contribution is 2.49. The summed E-state index contributed by atoms with van der Waals surface area (Å²) in [6.45, 7) is 2.27. The Balaban J connectivity index is 2.50. The van der Waals surface area contributed by atoms with E-state index in [1.54, 1.807) is 0 Å². The summed E-state index contributed by atoms with van der Waals surface area (Å²) in [4.78, 5) is 23.4. The number of aryl methyl sites for hydroxylation is 2. The standard InChI is InChI=1S/C15H8Cl2F6O2S2/c1-5-7(3-9(16)26-5)11(24)13(18,19)15(22,23)14(20,21)12(25)8-4-10(17)27-6(8)2/h3-4H,1-2H3. The third-order valence-corrected chi connectivity index (χ3v) is 5.98. The lowest BCUT2D eigenvalue weighted by atomic mass is 9.92. The number of ketones is 2. The second-order valence-corrected chi connectivity index (χ2v) is 9.20. The molecule has 0 aliphatic heterocycles. The largest absolute Gasteiger partial charge is 0.387 e. The highest BCUT2D eigenvalue weighted by Gasteiger charge is 2.77. The van der Waals surface area contributed by atoms with Gasteiger partial charge in [0.05, 0.1) is 8.67 Å². The summed E-state index contributed by atoms with van der Waals surface area (Å²) in [6.07, 6.45) is 0. The zero-order valence-electron chi connectivity index (χ0n) is 13.3. The van der Waals surface area contributed by atoms with Crippen molar-refractivity contribution in [2.24, 2.45) is 0 Å². The van der Waals surface area contributed by atoms with E-state index in [0.29, 0.717) is 34.8 Å². The SMILES string of the molecule is Cc1sc(Cl)cc1C(=O)C(F)(F)C(F)(F)C(F)(F)C(=O)c1cc(Cl)sc1C.